The Hall–Kier alpha value is -2.63. The summed E-state index contributed by atoms with van der Waals surface area (Å²) < 4.78 is 0. The molecule has 136 valence electrons. The van der Waals surface area contributed by atoms with Gasteiger partial charge in [0.25, 0.3) is 5.91 Å². The van der Waals surface area contributed by atoms with E-state index < -0.39 is 0 Å². The maximum Gasteiger partial charge on any atom is 0.272 e. The van der Waals surface area contributed by atoms with Crippen molar-refractivity contribution in [3.8, 4) is 0 Å². The molecule has 4 rings (SSSR count). The number of nitrogens with one attached hydrogen (secondary N) is 1. The lowest BCUT2D eigenvalue weighted by Crippen LogP contribution is -2.28. The highest BCUT2D eigenvalue weighted by molar-refractivity contribution is 5.93. The Balaban J connectivity index is 1.49. The molecular weight excluding hydrogens is 326 g/mol. The summed E-state index contributed by atoms with van der Waals surface area (Å²) in [6.07, 6.45) is 4.69. The molecule has 2 aliphatic heterocycles. The van der Waals surface area contributed by atoms with Gasteiger partial charge >= 0.3 is 0 Å². The highest BCUT2D eigenvalue weighted by Gasteiger charge is 2.21. The highest BCUT2D eigenvalue weighted by atomic mass is 16.2. The molecule has 3 heterocycles. The average Bonchev–Trinajstić information content (AvgIpc) is 3.35. The van der Waals surface area contributed by atoms with Crippen molar-refractivity contribution in [2.45, 2.75) is 32.6 Å². The number of carbonyl (C=O) groups excluding carboxylic acids is 1. The molecule has 0 atom stereocenters. The Morgan fingerprint density at radius 2 is 1.62 bits per heavy atom. The molecule has 6 heteroatoms. The molecule has 2 aromatic rings. The number of aromatic nitrogens is 2. The number of aryl methyl sites for hydroxylation is 1. The van der Waals surface area contributed by atoms with Crippen molar-refractivity contribution in [1.82, 2.24) is 14.9 Å². The molecule has 6 nitrogen and oxygen atoms in total. The van der Waals surface area contributed by atoms with Gasteiger partial charge in [-0.1, -0.05) is 0 Å². The van der Waals surface area contributed by atoms with Crippen molar-refractivity contribution in [3.63, 3.8) is 0 Å². The molecule has 26 heavy (non-hydrogen) atoms. The van der Waals surface area contributed by atoms with Crippen LogP contribution in [0.3, 0.4) is 0 Å². The maximum absolute atomic E-state index is 12.6. The van der Waals surface area contributed by atoms with E-state index in [1.807, 2.05) is 11.8 Å². The number of rotatable bonds is 4. The zero-order valence-corrected chi connectivity index (χ0v) is 15.2. The molecular formula is C20H25N5O. The molecule has 0 saturated carbocycles. The summed E-state index contributed by atoms with van der Waals surface area (Å²) in [5, 5.41) is 3.31. The van der Waals surface area contributed by atoms with Crippen LogP contribution in [-0.4, -0.2) is 47.0 Å². The van der Waals surface area contributed by atoms with Gasteiger partial charge in [0.2, 0.25) is 0 Å². The van der Waals surface area contributed by atoms with E-state index in [1.165, 1.54) is 18.5 Å². The molecule has 1 aromatic carbocycles. The van der Waals surface area contributed by atoms with Crippen LogP contribution in [0.2, 0.25) is 0 Å². The van der Waals surface area contributed by atoms with Crippen molar-refractivity contribution < 1.29 is 4.79 Å². The lowest BCUT2D eigenvalue weighted by atomic mass is 10.2. The minimum atomic E-state index is 0.000399. The zero-order valence-electron chi connectivity index (χ0n) is 15.2. The summed E-state index contributed by atoms with van der Waals surface area (Å²) in [6.45, 7) is 5.74. The molecule has 1 aromatic heterocycles. The minimum absolute atomic E-state index is 0.000399. The van der Waals surface area contributed by atoms with E-state index in [-0.39, 0.29) is 5.91 Å². The Kier molecular flexibility index (Phi) is 4.73. The monoisotopic (exact) mass is 351 g/mol. The minimum Gasteiger partial charge on any atom is -0.372 e. The number of nitrogens with zero attached hydrogens (tertiary/aromatic N) is 4. The first kappa shape index (κ1) is 16.8. The first-order valence-corrected chi connectivity index (χ1v) is 9.46. The number of carbonyl (C=O) groups is 1. The summed E-state index contributed by atoms with van der Waals surface area (Å²) in [6, 6.07) is 10.2. The molecule has 1 N–H and O–H groups in total. The van der Waals surface area contributed by atoms with Crippen molar-refractivity contribution in [3.05, 3.63) is 41.9 Å². The number of likely N-dealkylation sites (tertiary alicyclic amines) is 1. The fraction of sp³-hybridized carbons (Fsp3) is 0.450. The van der Waals surface area contributed by atoms with Gasteiger partial charge in [-0.05, 0) is 56.9 Å². The second-order valence-corrected chi connectivity index (χ2v) is 7.05. The molecule has 2 aliphatic rings. The van der Waals surface area contributed by atoms with Gasteiger partial charge in [-0.15, -0.1) is 0 Å². The first-order valence-electron chi connectivity index (χ1n) is 9.46. The van der Waals surface area contributed by atoms with Crippen LogP contribution in [0.4, 0.5) is 17.2 Å². The standard InChI is InChI=1S/C20H25N5O/c1-15-21-18(20(26)25-12-4-5-13-25)14-19(22-15)23-16-6-8-17(9-7-16)24-10-2-3-11-24/h6-9,14H,2-5,10-13H2,1H3,(H,21,22,23). The number of hydrogen-bond acceptors (Lipinski definition) is 5. The van der Waals surface area contributed by atoms with Crippen molar-refractivity contribution >= 4 is 23.1 Å². The van der Waals surface area contributed by atoms with Crippen molar-refractivity contribution in [2.75, 3.05) is 36.4 Å². The normalized spacial score (nSPS) is 17.0. The van der Waals surface area contributed by atoms with Crippen LogP contribution in [0.15, 0.2) is 30.3 Å². The van der Waals surface area contributed by atoms with Gasteiger partial charge in [-0.25, -0.2) is 9.97 Å². The van der Waals surface area contributed by atoms with E-state index in [2.05, 4.69) is 44.5 Å². The lowest BCUT2D eigenvalue weighted by Gasteiger charge is -2.18. The summed E-state index contributed by atoms with van der Waals surface area (Å²) >= 11 is 0. The van der Waals surface area contributed by atoms with E-state index in [0.29, 0.717) is 17.3 Å². The molecule has 0 radical (unpaired) electrons. The predicted molar refractivity (Wildman–Crippen MR) is 103 cm³/mol. The second-order valence-electron chi connectivity index (χ2n) is 7.05. The fourth-order valence-corrected chi connectivity index (χ4v) is 3.70. The maximum atomic E-state index is 12.6. The van der Waals surface area contributed by atoms with Crippen LogP contribution >= 0.6 is 0 Å². The van der Waals surface area contributed by atoms with Gasteiger partial charge in [0.1, 0.15) is 17.3 Å². The second kappa shape index (κ2) is 7.32. The Morgan fingerprint density at radius 3 is 2.31 bits per heavy atom. The van der Waals surface area contributed by atoms with Gasteiger partial charge in [0.15, 0.2) is 0 Å². The van der Waals surface area contributed by atoms with Crippen LogP contribution in [0, 0.1) is 6.92 Å². The van der Waals surface area contributed by atoms with Gasteiger partial charge in [0, 0.05) is 43.6 Å². The lowest BCUT2D eigenvalue weighted by molar-refractivity contribution is 0.0786. The fourth-order valence-electron chi connectivity index (χ4n) is 3.70. The van der Waals surface area contributed by atoms with E-state index in [4.69, 9.17) is 0 Å². The number of anilines is 3. The van der Waals surface area contributed by atoms with Gasteiger partial charge in [0.05, 0.1) is 0 Å². The summed E-state index contributed by atoms with van der Waals surface area (Å²) in [5.41, 5.74) is 2.69. The Labute approximate surface area is 154 Å². The number of benzene rings is 1. The third-order valence-electron chi connectivity index (χ3n) is 5.06. The largest absolute Gasteiger partial charge is 0.372 e. The van der Waals surface area contributed by atoms with Gasteiger partial charge in [-0.2, -0.15) is 0 Å². The summed E-state index contributed by atoms with van der Waals surface area (Å²) in [4.78, 5) is 25.6. The van der Waals surface area contributed by atoms with Gasteiger partial charge in [-0.3, -0.25) is 4.79 Å². The number of hydrogen-bond donors (Lipinski definition) is 1. The van der Waals surface area contributed by atoms with Crippen LogP contribution < -0.4 is 10.2 Å². The SMILES string of the molecule is Cc1nc(Nc2ccc(N3CCCC3)cc2)cc(C(=O)N2CCCC2)n1. The molecule has 0 aliphatic carbocycles. The number of amides is 1. The molecule has 2 fully saturated rings. The molecule has 1 amide bonds. The van der Waals surface area contributed by atoms with Crippen LogP contribution in [0.1, 0.15) is 42.0 Å². The molecule has 2 saturated heterocycles. The molecule has 0 unspecified atom stereocenters. The Morgan fingerprint density at radius 1 is 0.962 bits per heavy atom. The third kappa shape index (κ3) is 3.64. The van der Waals surface area contributed by atoms with E-state index >= 15 is 0 Å². The highest BCUT2D eigenvalue weighted by Crippen LogP contribution is 2.24. The Bertz CT molecular complexity index is 777. The predicted octanol–water partition coefficient (Wildman–Crippen LogP) is 3.36. The quantitative estimate of drug-likeness (QED) is 0.915. The summed E-state index contributed by atoms with van der Waals surface area (Å²) in [5.74, 6) is 1.26. The van der Waals surface area contributed by atoms with Crippen LogP contribution in [0.5, 0.6) is 0 Å². The summed E-state index contributed by atoms with van der Waals surface area (Å²) in [7, 11) is 0. The van der Waals surface area contributed by atoms with Crippen molar-refractivity contribution in [1.29, 1.82) is 0 Å². The first-order chi connectivity index (χ1) is 12.7. The third-order valence-corrected chi connectivity index (χ3v) is 5.06. The topological polar surface area (TPSA) is 61.4 Å². The molecule has 0 spiro atoms. The van der Waals surface area contributed by atoms with Crippen LogP contribution in [-0.2, 0) is 0 Å². The van der Waals surface area contributed by atoms with Crippen LogP contribution in [0.25, 0.3) is 0 Å². The van der Waals surface area contributed by atoms with E-state index in [0.717, 1.165) is 44.7 Å². The van der Waals surface area contributed by atoms with E-state index in [9.17, 15) is 4.79 Å². The van der Waals surface area contributed by atoms with Crippen molar-refractivity contribution in [2.24, 2.45) is 0 Å². The zero-order chi connectivity index (χ0) is 17.9. The average molecular weight is 351 g/mol. The van der Waals surface area contributed by atoms with Gasteiger partial charge < -0.3 is 15.1 Å². The molecule has 0 bridgehead atoms. The smallest absolute Gasteiger partial charge is 0.272 e. The van der Waals surface area contributed by atoms with E-state index in [1.54, 1.807) is 6.07 Å².